The molecule has 0 atom stereocenters. The third-order valence-electron chi connectivity index (χ3n) is 13.4. The molecule has 0 heterocycles. The largest absolute Gasteiger partial charge is 0.461 e. The SMILES string of the molecule is O=C(CCC(CCC(=O)OCc1ccccc1)(CCC(=O)OCc1ccccc1)COCC(CCC(=O)OCc1ccccc1)(CCC(=O)OCc1ccccc1)CCC(=O)OCc1ccccc1)OCc1ccccc1. The van der Waals surface area contributed by atoms with Crippen LogP contribution in [-0.4, -0.2) is 49.0 Å². The van der Waals surface area contributed by atoms with E-state index in [1.807, 2.05) is 182 Å². The molecular formula is C64H70O13. The first-order valence-corrected chi connectivity index (χ1v) is 26.3. The van der Waals surface area contributed by atoms with Crippen LogP contribution >= 0.6 is 0 Å². The van der Waals surface area contributed by atoms with E-state index in [0.29, 0.717) is 0 Å². The molecule has 0 aliphatic carbocycles. The first-order valence-electron chi connectivity index (χ1n) is 26.3. The third-order valence-corrected chi connectivity index (χ3v) is 13.4. The summed E-state index contributed by atoms with van der Waals surface area (Å²) in [6.07, 6.45) is 0.430. The van der Waals surface area contributed by atoms with Gasteiger partial charge in [-0.1, -0.05) is 182 Å². The van der Waals surface area contributed by atoms with Crippen LogP contribution in [0.4, 0.5) is 0 Å². The van der Waals surface area contributed by atoms with Crippen molar-refractivity contribution in [1.29, 1.82) is 0 Å². The minimum atomic E-state index is -1.02. The van der Waals surface area contributed by atoms with Crippen LogP contribution < -0.4 is 0 Å². The van der Waals surface area contributed by atoms with E-state index in [4.69, 9.17) is 33.2 Å². The molecular weight excluding hydrogens is 977 g/mol. The summed E-state index contributed by atoms with van der Waals surface area (Å²) in [4.78, 5) is 81.6. The Morgan fingerprint density at radius 1 is 0.247 bits per heavy atom. The van der Waals surface area contributed by atoms with Crippen LogP contribution in [0.25, 0.3) is 0 Å². The molecule has 0 unspecified atom stereocenters. The van der Waals surface area contributed by atoms with Gasteiger partial charge in [-0.15, -0.1) is 0 Å². The van der Waals surface area contributed by atoms with E-state index >= 15 is 0 Å². The monoisotopic (exact) mass is 1050 g/mol. The Balaban J connectivity index is 1.27. The molecule has 0 radical (unpaired) electrons. The van der Waals surface area contributed by atoms with Crippen molar-refractivity contribution >= 4 is 35.8 Å². The highest BCUT2D eigenvalue weighted by molar-refractivity contribution is 5.72. The number of rotatable bonds is 34. The number of hydrogen-bond acceptors (Lipinski definition) is 13. The van der Waals surface area contributed by atoms with Gasteiger partial charge in [-0.05, 0) is 82.7 Å². The summed E-state index contributed by atoms with van der Waals surface area (Å²) in [5.74, 6) is -2.90. The zero-order valence-corrected chi connectivity index (χ0v) is 43.8. The van der Waals surface area contributed by atoms with Crippen LogP contribution in [0.1, 0.15) is 110 Å². The van der Waals surface area contributed by atoms with Crippen molar-refractivity contribution in [3.8, 4) is 0 Å². The average Bonchev–Trinajstić information content (AvgIpc) is 3.48. The fourth-order valence-electron chi connectivity index (χ4n) is 8.73. The van der Waals surface area contributed by atoms with Gasteiger partial charge in [-0.25, -0.2) is 0 Å². The maximum absolute atomic E-state index is 13.6. The molecule has 0 aliphatic heterocycles. The van der Waals surface area contributed by atoms with Crippen molar-refractivity contribution < 1.29 is 61.9 Å². The van der Waals surface area contributed by atoms with Gasteiger partial charge in [0.05, 0.1) is 13.2 Å². The van der Waals surface area contributed by atoms with Crippen LogP contribution in [0.15, 0.2) is 182 Å². The van der Waals surface area contributed by atoms with Crippen LogP contribution in [0.2, 0.25) is 0 Å². The van der Waals surface area contributed by atoms with Crippen LogP contribution in [-0.2, 0) is 102 Å². The summed E-state index contributed by atoms with van der Waals surface area (Å²) >= 11 is 0. The molecule has 0 bridgehead atoms. The van der Waals surface area contributed by atoms with Crippen LogP contribution in [0, 0.1) is 10.8 Å². The van der Waals surface area contributed by atoms with E-state index in [9.17, 15) is 28.8 Å². The second-order valence-electron chi connectivity index (χ2n) is 19.4. The first kappa shape index (κ1) is 58.4. The van der Waals surface area contributed by atoms with E-state index in [0.717, 1.165) is 33.4 Å². The Hall–Kier alpha value is -7.90. The molecule has 0 N–H and O–H groups in total. The third kappa shape index (κ3) is 22.9. The number of carbonyl (C=O) groups excluding carboxylic acids is 6. The molecule has 0 aliphatic rings. The van der Waals surface area contributed by atoms with Gasteiger partial charge in [-0.3, -0.25) is 28.8 Å². The van der Waals surface area contributed by atoms with E-state index < -0.39 is 46.6 Å². The number of benzene rings is 6. The van der Waals surface area contributed by atoms with Gasteiger partial charge < -0.3 is 33.2 Å². The second kappa shape index (κ2) is 32.5. The van der Waals surface area contributed by atoms with E-state index in [1.165, 1.54) is 0 Å². The van der Waals surface area contributed by atoms with Gasteiger partial charge in [0.1, 0.15) is 39.6 Å². The molecule has 404 valence electrons. The highest BCUT2D eigenvalue weighted by Crippen LogP contribution is 2.40. The van der Waals surface area contributed by atoms with Gasteiger partial charge in [0.25, 0.3) is 0 Å². The minimum Gasteiger partial charge on any atom is -0.461 e. The Kier molecular flexibility index (Phi) is 24.6. The predicted octanol–water partition coefficient (Wildman–Crippen LogP) is 12.1. The Bertz CT molecular complexity index is 2210. The molecule has 6 aromatic rings. The summed E-state index contributed by atoms with van der Waals surface area (Å²) in [5, 5.41) is 0. The second-order valence-corrected chi connectivity index (χ2v) is 19.4. The molecule has 0 spiro atoms. The Labute approximate surface area is 452 Å². The highest BCUT2D eigenvalue weighted by atomic mass is 16.6. The fourth-order valence-corrected chi connectivity index (χ4v) is 8.73. The highest BCUT2D eigenvalue weighted by Gasteiger charge is 2.37. The average molecular weight is 1050 g/mol. The van der Waals surface area contributed by atoms with E-state index in [1.54, 1.807) is 0 Å². The van der Waals surface area contributed by atoms with Gasteiger partial charge >= 0.3 is 35.8 Å². The van der Waals surface area contributed by atoms with Crippen molar-refractivity contribution in [3.63, 3.8) is 0 Å². The standard InChI is InChI=1S/C64H70O13/c65-57(72-43-51-19-7-1-8-20-51)31-37-63(38-32-58(66)73-44-52-21-9-2-10-22-52,39-33-59(67)74-45-53-23-11-3-12-24-53)49-71-50-64(40-34-60(68)75-46-54-25-13-4-14-26-54,41-35-61(69)76-47-55-27-15-5-16-28-55)42-36-62(70)77-48-56-29-17-6-18-30-56/h1-30H,31-50H2. The lowest BCUT2D eigenvalue weighted by atomic mass is 9.74. The summed E-state index contributed by atoms with van der Waals surface area (Å²) < 4.78 is 41.2. The maximum Gasteiger partial charge on any atom is 0.306 e. The summed E-state index contributed by atoms with van der Waals surface area (Å²) in [6.45, 7) is 0.175. The van der Waals surface area contributed by atoms with Gasteiger partial charge in [0.2, 0.25) is 0 Å². The summed E-state index contributed by atoms with van der Waals surface area (Å²) in [5.41, 5.74) is 2.82. The molecule has 13 heteroatoms. The number of ether oxygens (including phenoxy) is 7. The van der Waals surface area contributed by atoms with Crippen LogP contribution in [0.3, 0.4) is 0 Å². The molecule has 6 aromatic carbocycles. The molecule has 13 nitrogen and oxygen atoms in total. The number of carbonyl (C=O) groups is 6. The Morgan fingerprint density at radius 3 is 0.558 bits per heavy atom. The molecule has 0 saturated heterocycles. The molecule has 0 aromatic heterocycles. The minimum absolute atomic E-state index is 0.0542. The lowest BCUT2D eigenvalue weighted by molar-refractivity contribution is -0.148. The summed E-state index contributed by atoms with van der Waals surface area (Å²) in [6, 6.07) is 55.8. The van der Waals surface area contributed by atoms with Crippen molar-refractivity contribution in [2.24, 2.45) is 10.8 Å². The predicted molar refractivity (Wildman–Crippen MR) is 289 cm³/mol. The zero-order valence-electron chi connectivity index (χ0n) is 43.8. The maximum atomic E-state index is 13.6. The quantitative estimate of drug-likeness (QED) is 0.0277. The fraction of sp³-hybridized carbons (Fsp3) is 0.344. The van der Waals surface area contributed by atoms with Gasteiger partial charge in [0.15, 0.2) is 0 Å². The lowest BCUT2D eigenvalue weighted by Gasteiger charge is -2.37. The van der Waals surface area contributed by atoms with Crippen molar-refractivity contribution in [3.05, 3.63) is 215 Å². The van der Waals surface area contributed by atoms with E-state index in [-0.39, 0.29) is 130 Å². The van der Waals surface area contributed by atoms with Gasteiger partial charge in [0, 0.05) is 38.5 Å². The lowest BCUT2D eigenvalue weighted by Crippen LogP contribution is -2.35. The van der Waals surface area contributed by atoms with E-state index in [2.05, 4.69) is 0 Å². The van der Waals surface area contributed by atoms with Gasteiger partial charge in [-0.2, -0.15) is 0 Å². The molecule has 0 amide bonds. The number of hydrogen-bond donors (Lipinski definition) is 0. The molecule has 0 saturated carbocycles. The Morgan fingerprint density at radius 2 is 0.403 bits per heavy atom. The van der Waals surface area contributed by atoms with Crippen LogP contribution in [0.5, 0.6) is 0 Å². The molecule has 0 fully saturated rings. The number of esters is 6. The smallest absolute Gasteiger partial charge is 0.306 e. The zero-order chi connectivity index (χ0) is 54.2. The van der Waals surface area contributed by atoms with Crippen molar-refractivity contribution in [2.75, 3.05) is 13.2 Å². The first-order chi connectivity index (χ1) is 37.5. The summed E-state index contributed by atoms with van der Waals surface area (Å²) in [7, 11) is 0. The van der Waals surface area contributed by atoms with Crippen molar-refractivity contribution in [1.82, 2.24) is 0 Å². The normalized spacial score (nSPS) is 11.2. The van der Waals surface area contributed by atoms with Crippen molar-refractivity contribution in [2.45, 2.75) is 117 Å². The molecule has 77 heavy (non-hydrogen) atoms. The molecule has 6 rings (SSSR count). The topological polar surface area (TPSA) is 167 Å².